The number of benzene rings is 2. The van der Waals surface area contributed by atoms with Gasteiger partial charge in [-0.1, -0.05) is 53.0 Å². The zero-order chi connectivity index (χ0) is 14.8. The zero-order valence-corrected chi connectivity index (χ0v) is 13.2. The molecule has 0 saturated heterocycles. The number of halogens is 3. The Hall–Kier alpha value is -0.780. The molecular weight excluding hydrogens is 341 g/mol. The van der Waals surface area contributed by atoms with E-state index in [9.17, 15) is 8.42 Å². The van der Waals surface area contributed by atoms with Gasteiger partial charge < -0.3 is 0 Å². The van der Waals surface area contributed by atoms with E-state index in [4.69, 9.17) is 34.8 Å². The highest BCUT2D eigenvalue weighted by Gasteiger charge is 2.17. The van der Waals surface area contributed by atoms with E-state index in [0.29, 0.717) is 15.6 Å². The summed E-state index contributed by atoms with van der Waals surface area (Å²) in [7, 11) is -3.69. The van der Waals surface area contributed by atoms with Crippen molar-refractivity contribution in [1.82, 2.24) is 4.72 Å². The monoisotopic (exact) mass is 349 g/mol. The van der Waals surface area contributed by atoms with Gasteiger partial charge >= 0.3 is 0 Å². The van der Waals surface area contributed by atoms with Gasteiger partial charge in [-0.3, -0.25) is 0 Å². The van der Waals surface area contributed by atoms with Crippen molar-refractivity contribution in [3.05, 3.63) is 63.1 Å². The van der Waals surface area contributed by atoms with Crippen LogP contribution in [0.15, 0.2) is 47.4 Å². The van der Waals surface area contributed by atoms with Gasteiger partial charge in [0.1, 0.15) is 4.90 Å². The Labute approximate surface area is 132 Å². The van der Waals surface area contributed by atoms with E-state index in [1.807, 2.05) is 0 Å². The summed E-state index contributed by atoms with van der Waals surface area (Å²) >= 11 is 17.7. The molecule has 0 fully saturated rings. The molecule has 1 N–H and O–H groups in total. The lowest BCUT2D eigenvalue weighted by molar-refractivity contribution is 0.581. The van der Waals surface area contributed by atoms with Crippen LogP contribution in [0.2, 0.25) is 15.1 Å². The van der Waals surface area contributed by atoms with Gasteiger partial charge in [0.05, 0.1) is 5.02 Å². The van der Waals surface area contributed by atoms with E-state index in [1.165, 1.54) is 12.1 Å². The van der Waals surface area contributed by atoms with E-state index in [0.717, 1.165) is 0 Å². The lowest BCUT2D eigenvalue weighted by Gasteiger charge is -2.09. The molecule has 106 valence electrons. The third-order valence-electron chi connectivity index (χ3n) is 2.59. The molecule has 2 aromatic rings. The third-order valence-corrected chi connectivity index (χ3v) is 5.08. The van der Waals surface area contributed by atoms with Crippen LogP contribution in [0.4, 0.5) is 0 Å². The molecule has 0 saturated carbocycles. The fraction of sp³-hybridized carbons (Fsp3) is 0.0769. The summed E-state index contributed by atoms with van der Waals surface area (Å²) in [6, 6.07) is 11.1. The first-order valence-electron chi connectivity index (χ1n) is 5.58. The minimum atomic E-state index is -3.69. The Balaban J connectivity index is 2.20. The Morgan fingerprint density at radius 1 is 0.950 bits per heavy atom. The second kappa shape index (κ2) is 6.33. The van der Waals surface area contributed by atoms with Crippen LogP contribution in [0.5, 0.6) is 0 Å². The summed E-state index contributed by atoms with van der Waals surface area (Å²) in [5.74, 6) is 0. The molecule has 2 rings (SSSR count). The van der Waals surface area contributed by atoms with Gasteiger partial charge in [0, 0.05) is 16.6 Å². The molecule has 0 aliphatic heterocycles. The van der Waals surface area contributed by atoms with E-state index in [2.05, 4.69) is 4.72 Å². The van der Waals surface area contributed by atoms with Gasteiger partial charge in [-0.25, -0.2) is 13.1 Å². The van der Waals surface area contributed by atoms with Crippen LogP contribution < -0.4 is 4.72 Å². The lowest BCUT2D eigenvalue weighted by Crippen LogP contribution is -2.23. The lowest BCUT2D eigenvalue weighted by atomic mass is 10.2. The predicted molar refractivity (Wildman–Crippen MR) is 81.9 cm³/mol. The minimum absolute atomic E-state index is 0.0340. The van der Waals surface area contributed by atoms with Crippen molar-refractivity contribution in [2.75, 3.05) is 0 Å². The van der Waals surface area contributed by atoms with Crippen molar-refractivity contribution in [2.45, 2.75) is 11.4 Å². The van der Waals surface area contributed by atoms with Crippen molar-refractivity contribution in [1.29, 1.82) is 0 Å². The van der Waals surface area contributed by atoms with Crippen LogP contribution in [-0.4, -0.2) is 8.42 Å². The van der Waals surface area contributed by atoms with Crippen LogP contribution in [-0.2, 0) is 16.6 Å². The maximum atomic E-state index is 12.1. The molecule has 0 aliphatic carbocycles. The largest absolute Gasteiger partial charge is 0.242 e. The molecule has 0 amide bonds. The van der Waals surface area contributed by atoms with Gasteiger partial charge in [0.2, 0.25) is 10.0 Å². The van der Waals surface area contributed by atoms with Crippen molar-refractivity contribution >= 4 is 44.8 Å². The van der Waals surface area contributed by atoms with Gasteiger partial charge in [0.25, 0.3) is 0 Å². The van der Waals surface area contributed by atoms with E-state index in [1.54, 1.807) is 30.3 Å². The maximum absolute atomic E-state index is 12.1. The predicted octanol–water partition coefficient (Wildman–Crippen LogP) is 4.13. The number of rotatable bonds is 4. The summed E-state index contributed by atoms with van der Waals surface area (Å²) < 4.78 is 26.7. The summed E-state index contributed by atoms with van der Waals surface area (Å²) in [5, 5.41) is 1.06. The quantitative estimate of drug-likeness (QED) is 0.901. The molecule has 0 heterocycles. The highest BCUT2D eigenvalue weighted by atomic mass is 35.5. The average Bonchev–Trinajstić information content (AvgIpc) is 2.38. The highest BCUT2D eigenvalue weighted by molar-refractivity contribution is 7.89. The maximum Gasteiger partial charge on any atom is 0.242 e. The average molecular weight is 351 g/mol. The second-order valence-corrected chi connectivity index (χ2v) is 6.98. The molecular formula is C13H10Cl3NO2S. The number of nitrogens with one attached hydrogen (secondary N) is 1. The smallest absolute Gasteiger partial charge is 0.207 e. The molecule has 0 atom stereocenters. The van der Waals surface area contributed by atoms with Crippen LogP contribution in [0.25, 0.3) is 0 Å². The van der Waals surface area contributed by atoms with Crippen LogP contribution in [0, 0.1) is 0 Å². The Bertz CT molecular complexity index is 732. The number of hydrogen-bond acceptors (Lipinski definition) is 2. The second-order valence-electron chi connectivity index (χ2n) is 3.99. The molecule has 20 heavy (non-hydrogen) atoms. The summed E-state index contributed by atoms with van der Waals surface area (Å²) in [6.07, 6.45) is 0. The summed E-state index contributed by atoms with van der Waals surface area (Å²) in [5.41, 5.74) is 0.631. The topological polar surface area (TPSA) is 46.2 Å². The van der Waals surface area contributed by atoms with Crippen molar-refractivity contribution in [3.63, 3.8) is 0 Å². The Morgan fingerprint density at radius 2 is 1.65 bits per heavy atom. The van der Waals surface area contributed by atoms with Gasteiger partial charge in [-0.05, 0) is 29.8 Å². The van der Waals surface area contributed by atoms with E-state index < -0.39 is 10.0 Å². The molecule has 7 heteroatoms. The molecule has 0 bridgehead atoms. The third kappa shape index (κ3) is 3.65. The normalized spacial score (nSPS) is 11.6. The van der Waals surface area contributed by atoms with Crippen molar-refractivity contribution in [2.24, 2.45) is 0 Å². The molecule has 0 spiro atoms. The Kier molecular flexibility index (Phi) is 4.94. The fourth-order valence-electron chi connectivity index (χ4n) is 1.58. The molecule has 0 aliphatic rings. The number of hydrogen-bond donors (Lipinski definition) is 1. The minimum Gasteiger partial charge on any atom is -0.207 e. The van der Waals surface area contributed by atoms with Gasteiger partial charge in [0.15, 0.2) is 0 Å². The van der Waals surface area contributed by atoms with Crippen LogP contribution >= 0.6 is 34.8 Å². The van der Waals surface area contributed by atoms with Crippen LogP contribution in [0.3, 0.4) is 0 Å². The van der Waals surface area contributed by atoms with Crippen LogP contribution in [0.1, 0.15) is 5.56 Å². The number of sulfonamides is 1. The summed E-state index contributed by atoms with van der Waals surface area (Å²) in [4.78, 5) is 0.0340. The zero-order valence-electron chi connectivity index (χ0n) is 10.1. The molecule has 2 aromatic carbocycles. The first-order valence-corrected chi connectivity index (χ1v) is 8.20. The highest BCUT2D eigenvalue weighted by Crippen LogP contribution is 2.23. The van der Waals surface area contributed by atoms with Crippen molar-refractivity contribution < 1.29 is 8.42 Å². The van der Waals surface area contributed by atoms with E-state index >= 15 is 0 Å². The molecule has 3 nitrogen and oxygen atoms in total. The van der Waals surface area contributed by atoms with Gasteiger partial charge in [-0.15, -0.1) is 0 Å². The SMILES string of the molecule is O=S(=O)(NCc1ccc(Cl)cc1Cl)c1ccccc1Cl. The fourth-order valence-corrected chi connectivity index (χ4v) is 3.58. The first-order chi connectivity index (χ1) is 9.40. The Morgan fingerprint density at radius 3 is 2.30 bits per heavy atom. The first kappa shape index (κ1) is 15.6. The molecule has 0 unspecified atom stereocenters. The molecule has 0 aromatic heterocycles. The van der Waals surface area contributed by atoms with E-state index in [-0.39, 0.29) is 16.5 Å². The van der Waals surface area contributed by atoms with Gasteiger partial charge in [-0.2, -0.15) is 0 Å². The van der Waals surface area contributed by atoms with Crippen molar-refractivity contribution in [3.8, 4) is 0 Å². The molecule has 0 radical (unpaired) electrons. The summed E-state index contributed by atoms with van der Waals surface area (Å²) in [6.45, 7) is 0.0591. The standard InChI is InChI=1S/C13H10Cl3NO2S/c14-10-6-5-9(12(16)7-10)8-17-20(18,19)13-4-2-1-3-11(13)15/h1-7,17H,8H2.